The molecule has 0 aliphatic carbocycles. The molecule has 0 saturated heterocycles. The van der Waals surface area contributed by atoms with E-state index < -0.39 is 0 Å². The largest absolute Gasteiger partial charge is 0.396 e. The summed E-state index contributed by atoms with van der Waals surface area (Å²) < 4.78 is 1.05. The fraction of sp³-hybridized carbons (Fsp3) is 0.417. The summed E-state index contributed by atoms with van der Waals surface area (Å²) in [6.45, 7) is 2.10. The Kier molecular flexibility index (Phi) is 6.47. The van der Waals surface area contributed by atoms with Crippen molar-refractivity contribution in [3.05, 3.63) is 26.9 Å². The third-order valence-electron chi connectivity index (χ3n) is 2.18. The zero-order valence-electron chi connectivity index (χ0n) is 9.65. The predicted octanol–water partition coefficient (Wildman–Crippen LogP) is 2.80. The van der Waals surface area contributed by atoms with Crippen molar-refractivity contribution in [3.8, 4) is 0 Å². The first kappa shape index (κ1) is 14.4. The number of carbonyl (C=O) groups is 1. The molecular weight excluding hydrogens is 302 g/mol. The van der Waals surface area contributed by atoms with Gasteiger partial charge in [0.15, 0.2) is 0 Å². The van der Waals surface area contributed by atoms with Crippen molar-refractivity contribution in [2.24, 2.45) is 0 Å². The number of carbonyl (C=O) groups excluding carboxylic acids is 1. The molecule has 1 amide bonds. The van der Waals surface area contributed by atoms with E-state index in [1.165, 1.54) is 6.08 Å². The van der Waals surface area contributed by atoms with E-state index in [-0.39, 0.29) is 18.6 Å². The van der Waals surface area contributed by atoms with Gasteiger partial charge in [-0.3, -0.25) is 4.79 Å². The maximum atomic E-state index is 11.5. The Hall–Kier alpha value is -0.650. The number of aliphatic hydroxyl groups excluding tert-OH is 1. The van der Waals surface area contributed by atoms with Crippen molar-refractivity contribution in [1.82, 2.24) is 5.32 Å². The molecule has 0 aliphatic heterocycles. The molecule has 5 heteroatoms. The first-order chi connectivity index (χ1) is 8.11. The minimum absolute atomic E-state index is 0.0920. The highest BCUT2D eigenvalue weighted by Crippen LogP contribution is 2.22. The first-order valence-electron chi connectivity index (χ1n) is 5.46. The normalized spacial score (nSPS) is 12.9. The van der Waals surface area contributed by atoms with Crippen LogP contribution in [-0.2, 0) is 4.79 Å². The van der Waals surface area contributed by atoms with Crippen LogP contribution < -0.4 is 5.32 Å². The van der Waals surface area contributed by atoms with Crippen LogP contribution in [0.3, 0.4) is 0 Å². The van der Waals surface area contributed by atoms with Gasteiger partial charge in [-0.25, -0.2) is 0 Å². The molecule has 1 heterocycles. The molecule has 2 N–H and O–H groups in total. The lowest BCUT2D eigenvalue weighted by Gasteiger charge is -2.10. The van der Waals surface area contributed by atoms with Crippen LogP contribution in [0.4, 0.5) is 0 Å². The van der Waals surface area contributed by atoms with E-state index in [1.807, 2.05) is 19.1 Å². The van der Waals surface area contributed by atoms with E-state index in [2.05, 4.69) is 21.2 Å². The Bertz CT molecular complexity index is 390. The van der Waals surface area contributed by atoms with E-state index in [4.69, 9.17) is 5.11 Å². The second-order valence-corrected chi connectivity index (χ2v) is 6.25. The molecule has 1 atom stereocenters. The second kappa shape index (κ2) is 7.63. The van der Waals surface area contributed by atoms with Crippen molar-refractivity contribution < 1.29 is 9.90 Å². The molecule has 1 rings (SSSR count). The van der Waals surface area contributed by atoms with Crippen LogP contribution >= 0.6 is 27.3 Å². The Morgan fingerprint density at radius 1 is 1.65 bits per heavy atom. The molecule has 3 nitrogen and oxygen atoms in total. The van der Waals surface area contributed by atoms with Crippen molar-refractivity contribution >= 4 is 39.2 Å². The van der Waals surface area contributed by atoms with Crippen LogP contribution in [-0.4, -0.2) is 23.7 Å². The summed E-state index contributed by atoms with van der Waals surface area (Å²) in [5.41, 5.74) is 0. The molecule has 0 aliphatic rings. The van der Waals surface area contributed by atoms with E-state index in [0.29, 0.717) is 6.42 Å². The monoisotopic (exact) mass is 317 g/mol. The molecule has 94 valence electrons. The van der Waals surface area contributed by atoms with E-state index in [1.54, 1.807) is 17.4 Å². The number of hydrogen-bond acceptors (Lipinski definition) is 3. The second-order valence-electron chi connectivity index (χ2n) is 3.75. The van der Waals surface area contributed by atoms with Gasteiger partial charge in [0, 0.05) is 23.6 Å². The number of nitrogens with one attached hydrogen (secondary N) is 1. The van der Waals surface area contributed by atoms with Gasteiger partial charge in [-0.2, -0.15) is 0 Å². The van der Waals surface area contributed by atoms with Crippen molar-refractivity contribution in [3.63, 3.8) is 0 Å². The Labute approximate surface area is 114 Å². The molecule has 1 aromatic heterocycles. The lowest BCUT2D eigenvalue weighted by Crippen LogP contribution is -2.31. The molecule has 0 aromatic carbocycles. The third kappa shape index (κ3) is 6.00. The fourth-order valence-electron chi connectivity index (χ4n) is 1.34. The van der Waals surface area contributed by atoms with Gasteiger partial charge in [-0.1, -0.05) is 0 Å². The number of halogens is 1. The molecular formula is C12H16BrNO2S. The minimum atomic E-state index is -0.0973. The third-order valence-corrected chi connectivity index (χ3v) is 3.77. The minimum Gasteiger partial charge on any atom is -0.396 e. The highest BCUT2D eigenvalue weighted by Gasteiger charge is 2.03. The SMILES string of the molecule is CC(CCCO)NC(=O)C=Cc1ccc(Br)s1. The van der Waals surface area contributed by atoms with E-state index in [0.717, 1.165) is 15.1 Å². The van der Waals surface area contributed by atoms with Gasteiger partial charge in [0.1, 0.15) is 0 Å². The topological polar surface area (TPSA) is 49.3 Å². The summed E-state index contributed by atoms with van der Waals surface area (Å²) in [7, 11) is 0. The van der Waals surface area contributed by atoms with Crippen LogP contribution in [0.15, 0.2) is 22.0 Å². The summed E-state index contributed by atoms with van der Waals surface area (Å²) in [6.07, 6.45) is 4.83. The zero-order valence-corrected chi connectivity index (χ0v) is 12.1. The van der Waals surface area contributed by atoms with Crippen LogP contribution in [0, 0.1) is 0 Å². The first-order valence-corrected chi connectivity index (χ1v) is 7.07. The number of thiophene rings is 1. The highest BCUT2D eigenvalue weighted by molar-refractivity contribution is 9.11. The maximum absolute atomic E-state index is 11.5. The molecule has 0 fully saturated rings. The molecule has 0 saturated carbocycles. The summed E-state index contributed by atoms with van der Waals surface area (Å²) in [4.78, 5) is 12.6. The summed E-state index contributed by atoms with van der Waals surface area (Å²) in [5, 5.41) is 11.5. The lowest BCUT2D eigenvalue weighted by molar-refractivity contribution is -0.117. The van der Waals surface area contributed by atoms with Crippen LogP contribution in [0.25, 0.3) is 6.08 Å². The number of amides is 1. The summed E-state index contributed by atoms with van der Waals surface area (Å²) in [6, 6.07) is 3.99. The van der Waals surface area contributed by atoms with Gasteiger partial charge in [-0.15, -0.1) is 11.3 Å². The van der Waals surface area contributed by atoms with E-state index >= 15 is 0 Å². The molecule has 0 bridgehead atoms. The number of rotatable bonds is 6. The Morgan fingerprint density at radius 3 is 3.00 bits per heavy atom. The summed E-state index contributed by atoms with van der Waals surface area (Å²) >= 11 is 4.95. The quantitative estimate of drug-likeness (QED) is 0.793. The standard InChI is InChI=1S/C12H16BrNO2S/c1-9(3-2-8-15)14-12(16)7-5-10-4-6-11(13)17-10/h4-7,9,15H,2-3,8H2,1H3,(H,14,16). The molecule has 1 unspecified atom stereocenters. The smallest absolute Gasteiger partial charge is 0.244 e. The van der Waals surface area contributed by atoms with E-state index in [9.17, 15) is 4.79 Å². The van der Waals surface area contributed by atoms with Crippen LogP contribution in [0.2, 0.25) is 0 Å². The number of hydrogen-bond donors (Lipinski definition) is 2. The Morgan fingerprint density at radius 2 is 2.41 bits per heavy atom. The van der Waals surface area contributed by atoms with Gasteiger partial charge in [-0.05, 0) is 53.9 Å². The zero-order chi connectivity index (χ0) is 12.7. The van der Waals surface area contributed by atoms with Gasteiger partial charge in [0.2, 0.25) is 5.91 Å². The van der Waals surface area contributed by atoms with Crippen LogP contribution in [0.5, 0.6) is 0 Å². The molecule has 1 aromatic rings. The van der Waals surface area contributed by atoms with Crippen molar-refractivity contribution in [2.75, 3.05) is 6.61 Å². The average molecular weight is 318 g/mol. The van der Waals surface area contributed by atoms with Crippen molar-refractivity contribution in [1.29, 1.82) is 0 Å². The van der Waals surface area contributed by atoms with Gasteiger partial charge in [0.25, 0.3) is 0 Å². The summed E-state index contributed by atoms with van der Waals surface area (Å²) in [5.74, 6) is -0.0973. The number of aliphatic hydroxyl groups is 1. The lowest BCUT2D eigenvalue weighted by atomic mass is 10.2. The van der Waals surface area contributed by atoms with Gasteiger partial charge in [0.05, 0.1) is 3.79 Å². The fourth-order valence-corrected chi connectivity index (χ4v) is 2.66. The Balaban J connectivity index is 2.36. The molecule has 17 heavy (non-hydrogen) atoms. The van der Waals surface area contributed by atoms with Gasteiger partial charge < -0.3 is 10.4 Å². The highest BCUT2D eigenvalue weighted by atomic mass is 79.9. The maximum Gasteiger partial charge on any atom is 0.244 e. The molecule has 0 radical (unpaired) electrons. The van der Waals surface area contributed by atoms with Gasteiger partial charge >= 0.3 is 0 Å². The van der Waals surface area contributed by atoms with Crippen LogP contribution in [0.1, 0.15) is 24.6 Å². The average Bonchev–Trinajstić information content (AvgIpc) is 2.70. The predicted molar refractivity (Wildman–Crippen MR) is 75.0 cm³/mol. The van der Waals surface area contributed by atoms with Crippen molar-refractivity contribution in [2.45, 2.75) is 25.8 Å². The molecule has 0 spiro atoms.